The van der Waals surface area contributed by atoms with Crippen LogP contribution in [-0.4, -0.2) is 39.6 Å². The Hall–Kier alpha value is -1.62. The van der Waals surface area contributed by atoms with Gasteiger partial charge in [-0.15, -0.1) is 10.2 Å². The molecule has 1 unspecified atom stereocenters. The Morgan fingerprint density at radius 3 is 3.06 bits per heavy atom. The summed E-state index contributed by atoms with van der Waals surface area (Å²) in [5, 5.41) is 8.43. The summed E-state index contributed by atoms with van der Waals surface area (Å²) in [5.41, 5.74) is 7.42. The van der Waals surface area contributed by atoms with Gasteiger partial charge in [-0.3, -0.25) is 4.40 Å². The second-order valence-corrected chi connectivity index (χ2v) is 4.93. The van der Waals surface area contributed by atoms with E-state index in [9.17, 15) is 0 Å². The van der Waals surface area contributed by atoms with Gasteiger partial charge in [0.15, 0.2) is 5.65 Å². The zero-order valence-electron chi connectivity index (χ0n) is 10.0. The van der Waals surface area contributed by atoms with Crippen LogP contribution in [0.3, 0.4) is 0 Å². The summed E-state index contributed by atoms with van der Waals surface area (Å²) < 4.78 is 2.01. The van der Waals surface area contributed by atoms with Crippen LogP contribution in [0.25, 0.3) is 5.65 Å². The molecule has 0 radical (unpaired) electrons. The number of nitrogens with zero attached hydrogens (tertiary/aromatic N) is 4. The summed E-state index contributed by atoms with van der Waals surface area (Å²) in [6.07, 6.45) is 4.13. The normalized spacial score (nSPS) is 21.4. The Kier molecular flexibility index (Phi) is 2.48. The van der Waals surface area contributed by atoms with Crippen molar-refractivity contribution in [3.63, 3.8) is 0 Å². The highest BCUT2D eigenvalue weighted by molar-refractivity contribution is 5.47. The van der Waals surface area contributed by atoms with E-state index >= 15 is 0 Å². The monoisotopic (exact) mass is 231 g/mol. The van der Waals surface area contributed by atoms with Gasteiger partial charge in [0, 0.05) is 24.8 Å². The third-order valence-electron chi connectivity index (χ3n) is 3.46. The highest BCUT2D eigenvalue weighted by atomic mass is 15.2. The molecule has 2 aromatic rings. The van der Waals surface area contributed by atoms with Crippen LogP contribution in [0.4, 0.5) is 5.69 Å². The van der Waals surface area contributed by atoms with E-state index in [4.69, 9.17) is 5.73 Å². The first-order valence-corrected chi connectivity index (χ1v) is 6.00. The SMILES string of the molecule is CN1CCC(Cc2nnc3ccc(N)cn23)C1. The van der Waals surface area contributed by atoms with Crippen molar-refractivity contribution in [2.45, 2.75) is 12.8 Å². The van der Waals surface area contributed by atoms with Gasteiger partial charge in [-0.25, -0.2) is 0 Å². The van der Waals surface area contributed by atoms with Crippen molar-refractivity contribution in [3.8, 4) is 0 Å². The first kappa shape index (κ1) is 10.5. The predicted molar refractivity (Wildman–Crippen MR) is 66.7 cm³/mol. The smallest absolute Gasteiger partial charge is 0.160 e. The Balaban J connectivity index is 1.87. The van der Waals surface area contributed by atoms with Crippen molar-refractivity contribution < 1.29 is 0 Å². The quantitative estimate of drug-likeness (QED) is 0.830. The van der Waals surface area contributed by atoms with E-state index in [1.54, 1.807) is 0 Å². The third-order valence-corrected chi connectivity index (χ3v) is 3.46. The van der Waals surface area contributed by atoms with Crippen molar-refractivity contribution in [2.75, 3.05) is 25.9 Å². The number of hydrogen-bond acceptors (Lipinski definition) is 4. The molecule has 3 rings (SSSR count). The Morgan fingerprint density at radius 2 is 2.29 bits per heavy atom. The molecule has 0 amide bonds. The lowest BCUT2D eigenvalue weighted by Crippen LogP contribution is -2.15. The minimum Gasteiger partial charge on any atom is -0.398 e. The first-order chi connectivity index (χ1) is 8.22. The van der Waals surface area contributed by atoms with E-state index in [1.807, 2.05) is 22.7 Å². The molecule has 0 bridgehead atoms. The molecule has 0 spiro atoms. The molecule has 3 heterocycles. The molecule has 17 heavy (non-hydrogen) atoms. The van der Waals surface area contributed by atoms with Gasteiger partial charge in [-0.05, 0) is 38.1 Å². The van der Waals surface area contributed by atoms with E-state index < -0.39 is 0 Å². The molecule has 0 aromatic carbocycles. The van der Waals surface area contributed by atoms with Crippen LogP contribution in [0.15, 0.2) is 18.3 Å². The first-order valence-electron chi connectivity index (χ1n) is 6.00. The summed E-state index contributed by atoms with van der Waals surface area (Å²) >= 11 is 0. The second-order valence-electron chi connectivity index (χ2n) is 4.93. The molecule has 5 nitrogen and oxygen atoms in total. The van der Waals surface area contributed by atoms with Gasteiger partial charge in [-0.1, -0.05) is 0 Å². The maximum atomic E-state index is 5.80. The number of likely N-dealkylation sites (tertiary alicyclic amines) is 1. The van der Waals surface area contributed by atoms with Crippen LogP contribution in [0.5, 0.6) is 0 Å². The van der Waals surface area contributed by atoms with Crippen molar-refractivity contribution in [3.05, 3.63) is 24.2 Å². The zero-order chi connectivity index (χ0) is 11.8. The van der Waals surface area contributed by atoms with E-state index in [2.05, 4.69) is 22.1 Å². The molecule has 1 fully saturated rings. The van der Waals surface area contributed by atoms with Gasteiger partial charge < -0.3 is 10.6 Å². The molecule has 1 aliphatic rings. The summed E-state index contributed by atoms with van der Waals surface area (Å²) in [7, 11) is 2.17. The van der Waals surface area contributed by atoms with Crippen molar-refractivity contribution in [1.29, 1.82) is 0 Å². The molecule has 0 saturated carbocycles. The van der Waals surface area contributed by atoms with Crippen LogP contribution in [0, 0.1) is 5.92 Å². The highest BCUT2D eigenvalue weighted by Crippen LogP contribution is 2.19. The maximum absolute atomic E-state index is 5.80. The Labute approximate surface area is 100 Å². The lowest BCUT2D eigenvalue weighted by molar-refractivity contribution is 0.392. The predicted octanol–water partition coefficient (Wildman–Crippen LogP) is 0.806. The van der Waals surface area contributed by atoms with Gasteiger partial charge >= 0.3 is 0 Å². The van der Waals surface area contributed by atoms with Gasteiger partial charge in [-0.2, -0.15) is 0 Å². The zero-order valence-corrected chi connectivity index (χ0v) is 10.0. The van der Waals surface area contributed by atoms with Crippen LogP contribution in [0.1, 0.15) is 12.2 Å². The number of anilines is 1. The number of pyridine rings is 1. The molecule has 2 aromatic heterocycles. The fourth-order valence-electron chi connectivity index (χ4n) is 2.54. The molecular formula is C12H17N5. The van der Waals surface area contributed by atoms with Crippen LogP contribution < -0.4 is 5.73 Å². The molecule has 0 aliphatic carbocycles. The summed E-state index contributed by atoms with van der Waals surface area (Å²) in [6.45, 7) is 2.33. The van der Waals surface area contributed by atoms with Crippen LogP contribution in [-0.2, 0) is 6.42 Å². The van der Waals surface area contributed by atoms with Crippen LogP contribution in [0.2, 0.25) is 0 Å². The maximum Gasteiger partial charge on any atom is 0.160 e. The fourth-order valence-corrected chi connectivity index (χ4v) is 2.54. The van der Waals surface area contributed by atoms with E-state index in [1.165, 1.54) is 13.0 Å². The topological polar surface area (TPSA) is 59.5 Å². The van der Waals surface area contributed by atoms with E-state index in [0.29, 0.717) is 5.92 Å². The molecule has 1 saturated heterocycles. The lowest BCUT2D eigenvalue weighted by Gasteiger charge is -2.09. The number of nitrogens with two attached hydrogens (primary N) is 1. The third kappa shape index (κ3) is 1.98. The molecule has 1 aliphatic heterocycles. The summed E-state index contributed by atoms with van der Waals surface area (Å²) in [4.78, 5) is 2.36. The molecular weight excluding hydrogens is 214 g/mol. The van der Waals surface area contributed by atoms with Crippen molar-refractivity contribution >= 4 is 11.3 Å². The second kappa shape index (κ2) is 4.00. The number of nitrogen functional groups attached to an aromatic ring is 1. The number of aromatic nitrogens is 3. The Morgan fingerprint density at radius 1 is 1.41 bits per heavy atom. The van der Waals surface area contributed by atoms with Crippen molar-refractivity contribution in [1.82, 2.24) is 19.5 Å². The minimum absolute atomic E-state index is 0.689. The van der Waals surface area contributed by atoms with E-state index in [-0.39, 0.29) is 0 Å². The highest BCUT2D eigenvalue weighted by Gasteiger charge is 2.21. The fraction of sp³-hybridized carbons (Fsp3) is 0.500. The average Bonchev–Trinajstić information content (AvgIpc) is 2.87. The average molecular weight is 231 g/mol. The van der Waals surface area contributed by atoms with Crippen molar-refractivity contribution in [2.24, 2.45) is 5.92 Å². The molecule has 1 atom stereocenters. The number of fused-ring (bicyclic) bond motifs is 1. The molecule has 2 N–H and O–H groups in total. The van der Waals surface area contributed by atoms with Gasteiger partial charge in [0.1, 0.15) is 5.82 Å². The largest absolute Gasteiger partial charge is 0.398 e. The van der Waals surface area contributed by atoms with Gasteiger partial charge in [0.05, 0.1) is 0 Å². The number of hydrogen-bond donors (Lipinski definition) is 1. The number of rotatable bonds is 2. The van der Waals surface area contributed by atoms with E-state index in [0.717, 1.165) is 30.1 Å². The summed E-state index contributed by atoms with van der Waals surface area (Å²) in [5.74, 6) is 1.71. The standard InChI is InChI=1S/C12H17N5/c1-16-5-4-9(7-16)6-12-15-14-11-3-2-10(13)8-17(11)12/h2-3,8-9H,4-7,13H2,1H3. The minimum atomic E-state index is 0.689. The van der Waals surface area contributed by atoms with Crippen LogP contribution >= 0.6 is 0 Å². The van der Waals surface area contributed by atoms with Gasteiger partial charge in [0.25, 0.3) is 0 Å². The van der Waals surface area contributed by atoms with Gasteiger partial charge in [0.2, 0.25) is 0 Å². The molecule has 90 valence electrons. The lowest BCUT2D eigenvalue weighted by atomic mass is 10.0. The Bertz CT molecular complexity index is 533. The summed E-state index contributed by atoms with van der Waals surface area (Å²) in [6, 6.07) is 3.77. The molecule has 5 heteroatoms.